The van der Waals surface area contributed by atoms with Crippen LogP contribution >= 0.6 is 0 Å². The first kappa shape index (κ1) is 9.34. The zero-order valence-electron chi connectivity index (χ0n) is 8.50. The zero-order valence-corrected chi connectivity index (χ0v) is 8.50. The van der Waals surface area contributed by atoms with Crippen molar-refractivity contribution in [3.05, 3.63) is 23.3 Å². The molecule has 0 amide bonds. The number of hydrogen-bond acceptors (Lipinski definition) is 3. The highest BCUT2D eigenvalue weighted by Crippen LogP contribution is 2.48. The van der Waals surface area contributed by atoms with Gasteiger partial charge in [0.25, 0.3) is 0 Å². The predicted molar refractivity (Wildman–Crippen MR) is 54.5 cm³/mol. The Labute approximate surface area is 83.5 Å². The first-order valence-electron chi connectivity index (χ1n) is 4.74. The molecule has 0 aromatic heterocycles. The molecule has 1 saturated carbocycles. The van der Waals surface area contributed by atoms with Crippen LogP contribution in [0.2, 0.25) is 0 Å². The summed E-state index contributed by atoms with van der Waals surface area (Å²) in [5.41, 5.74) is 7.96. The molecule has 0 saturated heterocycles. The number of phenols is 1. The molecule has 0 atom stereocenters. The van der Waals surface area contributed by atoms with E-state index >= 15 is 0 Å². The Hall–Kier alpha value is -1.22. The van der Waals surface area contributed by atoms with Crippen LogP contribution in [0.25, 0.3) is 0 Å². The lowest BCUT2D eigenvalue weighted by Crippen LogP contribution is -2.21. The lowest BCUT2D eigenvalue weighted by atomic mass is 9.98. The van der Waals surface area contributed by atoms with E-state index in [0.29, 0.717) is 5.75 Å². The Balaban J connectivity index is 2.56. The van der Waals surface area contributed by atoms with E-state index in [1.54, 1.807) is 19.2 Å². The number of ether oxygens (including phenoxy) is 1. The van der Waals surface area contributed by atoms with E-state index in [2.05, 4.69) is 0 Å². The molecule has 0 spiro atoms. The van der Waals surface area contributed by atoms with E-state index in [9.17, 15) is 5.11 Å². The number of aromatic hydroxyl groups is 1. The quantitative estimate of drug-likeness (QED) is 0.751. The van der Waals surface area contributed by atoms with Gasteiger partial charge in [-0.2, -0.15) is 0 Å². The Kier molecular flexibility index (Phi) is 1.93. The topological polar surface area (TPSA) is 55.5 Å². The number of methoxy groups -OCH3 is 1. The Bertz CT molecular complexity index is 370. The SMILES string of the molecule is COc1cc(O)cc(C)c1C1(N)CC1. The molecular weight excluding hydrogens is 178 g/mol. The van der Waals surface area contributed by atoms with Gasteiger partial charge in [0.05, 0.1) is 7.11 Å². The number of nitrogens with two attached hydrogens (primary N) is 1. The molecule has 1 fully saturated rings. The molecule has 1 aliphatic rings. The minimum atomic E-state index is -0.219. The van der Waals surface area contributed by atoms with Gasteiger partial charge in [-0.05, 0) is 31.4 Å². The molecule has 2 rings (SSSR count). The summed E-state index contributed by atoms with van der Waals surface area (Å²) >= 11 is 0. The highest BCUT2D eigenvalue weighted by molar-refractivity contribution is 5.51. The fraction of sp³-hybridized carbons (Fsp3) is 0.455. The maximum atomic E-state index is 9.41. The predicted octanol–water partition coefficient (Wildman–Crippen LogP) is 1.66. The van der Waals surface area contributed by atoms with E-state index in [-0.39, 0.29) is 11.3 Å². The standard InChI is InChI=1S/C11H15NO2/c1-7-5-8(13)6-9(14-2)10(7)11(12)3-4-11/h5-6,13H,3-4,12H2,1-2H3. The van der Waals surface area contributed by atoms with Crippen molar-refractivity contribution < 1.29 is 9.84 Å². The average molecular weight is 193 g/mol. The molecule has 3 N–H and O–H groups in total. The largest absolute Gasteiger partial charge is 0.508 e. The van der Waals surface area contributed by atoms with Gasteiger partial charge >= 0.3 is 0 Å². The van der Waals surface area contributed by atoms with Gasteiger partial charge < -0.3 is 15.6 Å². The van der Waals surface area contributed by atoms with Gasteiger partial charge in [0.1, 0.15) is 11.5 Å². The van der Waals surface area contributed by atoms with Gasteiger partial charge in [0.15, 0.2) is 0 Å². The van der Waals surface area contributed by atoms with Gasteiger partial charge in [-0.15, -0.1) is 0 Å². The summed E-state index contributed by atoms with van der Waals surface area (Å²) in [5, 5.41) is 9.41. The van der Waals surface area contributed by atoms with Crippen LogP contribution in [0.15, 0.2) is 12.1 Å². The van der Waals surface area contributed by atoms with Crippen molar-refractivity contribution >= 4 is 0 Å². The van der Waals surface area contributed by atoms with Crippen LogP contribution in [0.5, 0.6) is 11.5 Å². The average Bonchev–Trinajstić information content (AvgIpc) is 2.82. The van der Waals surface area contributed by atoms with E-state index < -0.39 is 0 Å². The minimum absolute atomic E-state index is 0.219. The van der Waals surface area contributed by atoms with Gasteiger partial charge in [-0.25, -0.2) is 0 Å². The minimum Gasteiger partial charge on any atom is -0.508 e. The van der Waals surface area contributed by atoms with Crippen LogP contribution in [-0.4, -0.2) is 12.2 Å². The Morgan fingerprint density at radius 1 is 1.43 bits per heavy atom. The van der Waals surface area contributed by atoms with Gasteiger partial charge in [0, 0.05) is 17.2 Å². The maximum absolute atomic E-state index is 9.41. The normalized spacial score (nSPS) is 17.9. The third kappa shape index (κ3) is 1.34. The van der Waals surface area contributed by atoms with Crippen molar-refractivity contribution in [1.29, 1.82) is 0 Å². The van der Waals surface area contributed by atoms with Gasteiger partial charge in [-0.3, -0.25) is 0 Å². The number of aryl methyl sites for hydroxylation is 1. The second-order valence-electron chi connectivity index (χ2n) is 4.00. The first-order chi connectivity index (χ1) is 6.57. The molecule has 76 valence electrons. The summed E-state index contributed by atoms with van der Waals surface area (Å²) < 4.78 is 5.23. The zero-order chi connectivity index (χ0) is 10.3. The van der Waals surface area contributed by atoms with Gasteiger partial charge in [0.2, 0.25) is 0 Å². The first-order valence-corrected chi connectivity index (χ1v) is 4.74. The van der Waals surface area contributed by atoms with Crippen LogP contribution in [0, 0.1) is 6.92 Å². The maximum Gasteiger partial charge on any atom is 0.127 e. The smallest absolute Gasteiger partial charge is 0.127 e. The van der Waals surface area contributed by atoms with Crippen molar-refractivity contribution in [2.45, 2.75) is 25.3 Å². The third-order valence-electron chi connectivity index (χ3n) is 2.79. The highest BCUT2D eigenvalue weighted by Gasteiger charge is 2.43. The van der Waals surface area contributed by atoms with E-state index in [0.717, 1.165) is 24.0 Å². The summed E-state index contributed by atoms with van der Waals surface area (Å²) in [5.74, 6) is 0.926. The molecule has 1 aromatic rings. The van der Waals surface area contributed by atoms with Crippen LogP contribution in [-0.2, 0) is 5.54 Å². The molecule has 0 unspecified atom stereocenters. The third-order valence-corrected chi connectivity index (χ3v) is 2.79. The second-order valence-corrected chi connectivity index (χ2v) is 4.00. The molecule has 0 aliphatic heterocycles. The summed E-state index contributed by atoms with van der Waals surface area (Å²) in [6, 6.07) is 3.35. The van der Waals surface area contributed by atoms with E-state index in [4.69, 9.17) is 10.5 Å². The summed E-state index contributed by atoms with van der Waals surface area (Å²) in [4.78, 5) is 0. The monoisotopic (exact) mass is 193 g/mol. The molecule has 3 heteroatoms. The second kappa shape index (κ2) is 2.89. The Morgan fingerprint density at radius 3 is 2.57 bits per heavy atom. The van der Waals surface area contributed by atoms with Gasteiger partial charge in [-0.1, -0.05) is 0 Å². The molecule has 0 radical (unpaired) electrons. The van der Waals surface area contributed by atoms with Crippen molar-refractivity contribution in [2.24, 2.45) is 5.73 Å². The lowest BCUT2D eigenvalue weighted by molar-refractivity contribution is 0.397. The van der Waals surface area contributed by atoms with Crippen LogP contribution < -0.4 is 10.5 Å². The number of hydrogen-bond donors (Lipinski definition) is 2. The van der Waals surface area contributed by atoms with Crippen molar-refractivity contribution in [2.75, 3.05) is 7.11 Å². The van der Waals surface area contributed by atoms with Crippen molar-refractivity contribution in [1.82, 2.24) is 0 Å². The van der Waals surface area contributed by atoms with E-state index in [1.807, 2.05) is 6.92 Å². The molecule has 14 heavy (non-hydrogen) atoms. The fourth-order valence-corrected chi connectivity index (χ4v) is 1.92. The summed E-state index contributed by atoms with van der Waals surface area (Å²) in [6.45, 7) is 1.95. The summed E-state index contributed by atoms with van der Waals surface area (Å²) in [6.07, 6.45) is 1.99. The van der Waals surface area contributed by atoms with Crippen LogP contribution in [0.1, 0.15) is 24.0 Å². The lowest BCUT2D eigenvalue weighted by Gasteiger charge is -2.17. The molecule has 0 heterocycles. The van der Waals surface area contributed by atoms with Crippen molar-refractivity contribution in [3.8, 4) is 11.5 Å². The highest BCUT2D eigenvalue weighted by atomic mass is 16.5. The molecule has 0 bridgehead atoms. The van der Waals surface area contributed by atoms with Crippen LogP contribution in [0.4, 0.5) is 0 Å². The molecule has 1 aliphatic carbocycles. The Morgan fingerprint density at radius 2 is 2.07 bits per heavy atom. The number of benzene rings is 1. The number of rotatable bonds is 2. The number of phenolic OH excluding ortho intramolecular Hbond substituents is 1. The van der Waals surface area contributed by atoms with Crippen LogP contribution in [0.3, 0.4) is 0 Å². The summed E-state index contributed by atoms with van der Waals surface area (Å²) in [7, 11) is 1.60. The fourth-order valence-electron chi connectivity index (χ4n) is 1.92. The molecular formula is C11H15NO2. The molecule has 3 nitrogen and oxygen atoms in total. The van der Waals surface area contributed by atoms with E-state index in [1.165, 1.54) is 0 Å². The van der Waals surface area contributed by atoms with Crippen molar-refractivity contribution in [3.63, 3.8) is 0 Å². The molecule has 1 aromatic carbocycles.